The van der Waals surface area contributed by atoms with Crippen LogP contribution >= 0.6 is 11.8 Å². The van der Waals surface area contributed by atoms with Gasteiger partial charge in [0.15, 0.2) is 15.0 Å². The first-order chi connectivity index (χ1) is 13.7. The Labute approximate surface area is 174 Å². The van der Waals surface area contributed by atoms with Gasteiger partial charge >= 0.3 is 0 Å². The quantitative estimate of drug-likeness (QED) is 0.597. The highest BCUT2D eigenvalue weighted by molar-refractivity contribution is 7.99. The largest absolute Gasteiger partial charge is 0.322 e. The molecule has 1 heterocycles. The third-order valence-electron chi connectivity index (χ3n) is 3.90. The highest BCUT2D eigenvalue weighted by Gasteiger charge is 2.10. The van der Waals surface area contributed by atoms with E-state index in [1.807, 2.05) is 44.2 Å². The summed E-state index contributed by atoms with van der Waals surface area (Å²) in [6, 6.07) is 15.9. The standard InChI is InChI=1S/C21H21N3O3S2/c1-14-11-15(2)23-21(22-14)28-19-9-7-18(8-10-19)24-20(25)17-6-4-5-16(12-17)13-29(3,26)27/h4-12H,13H2,1-3H3,(H,24,25). The molecular formula is C21H21N3O3S2. The lowest BCUT2D eigenvalue weighted by Gasteiger charge is -2.08. The van der Waals surface area contributed by atoms with Gasteiger partial charge in [-0.3, -0.25) is 4.79 Å². The summed E-state index contributed by atoms with van der Waals surface area (Å²) in [4.78, 5) is 22.3. The van der Waals surface area contributed by atoms with Crippen LogP contribution in [0.3, 0.4) is 0 Å². The van der Waals surface area contributed by atoms with Gasteiger partial charge in [-0.25, -0.2) is 18.4 Å². The van der Waals surface area contributed by atoms with Crippen LogP contribution < -0.4 is 5.32 Å². The molecular weight excluding hydrogens is 406 g/mol. The Morgan fingerprint density at radius 2 is 1.66 bits per heavy atom. The van der Waals surface area contributed by atoms with E-state index in [9.17, 15) is 13.2 Å². The first-order valence-electron chi connectivity index (χ1n) is 8.86. The molecule has 1 N–H and O–H groups in total. The molecule has 6 nitrogen and oxygen atoms in total. The van der Waals surface area contributed by atoms with Gasteiger partial charge in [0.25, 0.3) is 5.91 Å². The lowest BCUT2D eigenvalue weighted by Crippen LogP contribution is -2.12. The summed E-state index contributed by atoms with van der Waals surface area (Å²) in [7, 11) is -3.16. The Morgan fingerprint density at radius 3 is 2.28 bits per heavy atom. The van der Waals surface area contributed by atoms with Crippen LogP contribution in [0.25, 0.3) is 0 Å². The first kappa shape index (κ1) is 21.0. The van der Waals surface area contributed by atoms with Crippen molar-refractivity contribution in [3.8, 4) is 0 Å². The minimum Gasteiger partial charge on any atom is -0.322 e. The molecule has 1 aromatic heterocycles. The second-order valence-electron chi connectivity index (χ2n) is 6.78. The number of rotatable bonds is 6. The maximum atomic E-state index is 12.5. The van der Waals surface area contributed by atoms with Crippen molar-refractivity contribution in [2.75, 3.05) is 11.6 Å². The second kappa shape index (κ2) is 8.75. The van der Waals surface area contributed by atoms with Crippen LogP contribution in [0.15, 0.2) is 64.6 Å². The van der Waals surface area contributed by atoms with E-state index in [4.69, 9.17) is 0 Å². The average molecular weight is 428 g/mol. The molecule has 3 aromatic rings. The fraction of sp³-hybridized carbons (Fsp3) is 0.190. The van der Waals surface area contributed by atoms with Gasteiger partial charge < -0.3 is 5.32 Å². The lowest BCUT2D eigenvalue weighted by molar-refractivity contribution is 0.102. The molecule has 1 amide bonds. The van der Waals surface area contributed by atoms with E-state index >= 15 is 0 Å². The Kier molecular flexibility index (Phi) is 6.34. The van der Waals surface area contributed by atoms with Crippen molar-refractivity contribution in [3.05, 3.63) is 77.1 Å². The van der Waals surface area contributed by atoms with Crippen LogP contribution in [-0.2, 0) is 15.6 Å². The summed E-state index contributed by atoms with van der Waals surface area (Å²) in [5, 5.41) is 3.51. The summed E-state index contributed by atoms with van der Waals surface area (Å²) in [5.74, 6) is -0.390. The van der Waals surface area contributed by atoms with Crippen LogP contribution in [-0.4, -0.2) is 30.5 Å². The molecule has 0 spiro atoms. The van der Waals surface area contributed by atoms with E-state index in [0.29, 0.717) is 22.0 Å². The second-order valence-corrected chi connectivity index (χ2v) is 9.97. The minimum atomic E-state index is -3.16. The molecule has 150 valence electrons. The molecule has 0 aliphatic carbocycles. The van der Waals surface area contributed by atoms with Crippen LogP contribution in [0, 0.1) is 13.8 Å². The van der Waals surface area contributed by atoms with Crippen LogP contribution in [0.5, 0.6) is 0 Å². The van der Waals surface area contributed by atoms with Crippen LogP contribution in [0.4, 0.5) is 5.69 Å². The number of benzene rings is 2. The fourth-order valence-electron chi connectivity index (χ4n) is 2.76. The van der Waals surface area contributed by atoms with Gasteiger partial charge in [0.05, 0.1) is 5.75 Å². The van der Waals surface area contributed by atoms with Crippen molar-refractivity contribution < 1.29 is 13.2 Å². The predicted octanol–water partition coefficient (Wildman–Crippen LogP) is 4.04. The number of amides is 1. The van der Waals surface area contributed by atoms with Crippen molar-refractivity contribution in [1.29, 1.82) is 0 Å². The summed E-state index contributed by atoms with van der Waals surface area (Å²) in [5.41, 5.74) is 3.48. The molecule has 0 radical (unpaired) electrons. The number of carbonyl (C=O) groups excluding carboxylic acids is 1. The molecule has 0 fully saturated rings. The smallest absolute Gasteiger partial charge is 0.255 e. The number of hydrogen-bond donors (Lipinski definition) is 1. The average Bonchev–Trinajstić information content (AvgIpc) is 2.61. The predicted molar refractivity (Wildman–Crippen MR) is 115 cm³/mol. The number of anilines is 1. The molecule has 0 saturated heterocycles. The zero-order chi connectivity index (χ0) is 21.0. The third kappa shape index (κ3) is 6.40. The fourth-order valence-corrected chi connectivity index (χ4v) is 4.41. The zero-order valence-electron chi connectivity index (χ0n) is 16.3. The van der Waals surface area contributed by atoms with Gasteiger partial charge in [-0.1, -0.05) is 12.1 Å². The highest BCUT2D eigenvalue weighted by Crippen LogP contribution is 2.26. The molecule has 8 heteroatoms. The molecule has 0 atom stereocenters. The molecule has 3 rings (SSSR count). The zero-order valence-corrected chi connectivity index (χ0v) is 18.0. The molecule has 0 saturated carbocycles. The van der Waals surface area contributed by atoms with Gasteiger partial charge in [-0.2, -0.15) is 0 Å². The minimum absolute atomic E-state index is 0.0967. The van der Waals surface area contributed by atoms with E-state index < -0.39 is 9.84 Å². The SMILES string of the molecule is Cc1cc(C)nc(Sc2ccc(NC(=O)c3cccc(CS(C)(=O)=O)c3)cc2)n1. The molecule has 0 bridgehead atoms. The number of carbonyl (C=O) groups is 1. The summed E-state index contributed by atoms with van der Waals surface area (Å²) in [6.07, 6.45) is 1.17. The third-order valence-corrected chi connectivity index (χ3v) is 5.63. The molecule has 2 aromatic carbocycles. The summed E-state index contributed by atoms with van der Waals surface area (Å²) in [6.45, 7) is 3.87. The van der Waals surface area contributed by atoms with Crippen molar-refractivity contribution in [2.24, 2.45) is 0 Å². The van der Waals surface area contributed by atoms with Crippen molar-refractivity contribution in [1.82, 2.24) is 9.97 Å². The Morgan fingerprint density at radius 1 is 1.00 bits per heavy atom. The normalized spacial score (nSPS) is 11.3. The van der Waals surface area contributed by atoms with E-state index in [1.54, 1.807) is 24.3 Å². The van der Waals surface area contributed by atoms with Crippen molar-refractivity contribution >= 4 is 33.2 Å². The first-order valence-corrected chi connectivity index (χ1v) is 11.7. The van der Waals surface area contributed by atoms with E-state index in [2.05, 4.69) is 15.3 Å². The van der Waals surface area contributed by atoms with Crippen molar-refractivity contribution in [3.63, 3.8) is 0 Å². The molecule has 29 heavy (non-hydrogen) atoms. The summed E-state index contributed by atoms with van der Waals surface area (Å²) < 4.78 is 22.9. The molecule has 0 aliphatic rings. The number of nitrogens with zero attached hydrogens (tertiary/aromatic N) is 2. The highest BCUT2D eigenvalue weighted by atomic mass is 32.2. The van der Waals surface area contributed by atoms with Crippen molar-refractivity contribution in [2.45, 2.75) is 29.7 Å². The Hall–Kier alpha value is -2.71. The number of nitrogens with one attached hydrogen (secondary N) is 1. The van der Waals surface area contributed by atoms with Gasteiger partial charge in [-0.15, -0.1) is 0 Å². The number of sulfone groups is 1. The van der Waals surface area contributed by atoms with Crippen LogP contribution in [0.2, 0.25) is 0 Å². The maximum Gasteiger partial charge on any atom is 0.255 e. The van der Waals surface area contributed by atoms with E-state index in [-0.39, 0.29) is 11.7 Å². The van der Waals surface area contributed by atoms with Crippen LogP contribution in [0.1, 0.15) is 27.3 Å². The van der Waals surface area contributed by atoms with E-state index in [0.717, 1.165) is 16.3 Å². The van der Waals surface area contributed by atoms with E-state index in [1.165, 1.54) is 18.0 Å². The Bertz CT molecular complexity index is 1120. The van der Waals surface area contributed by atoms with Gasteiger partial charge in [0, 0.05) is 33.8 Å². The number of aromatic nitrogens is 2. The topological polar surface area (TPSA) is 89.0 Å². The number of aryl methyl sites for hydroxylation is 2. The van der Waals surface area contributed by atoms with Gasteiger partial charge in [0.2, 0.25) is 0 Å². The molecule has 0 aliphatic heterocycles. The summed E-state index contributed by atoms with van der Waals surface area (Å²) >= 11 is 1.46. The monoisotopic (exact) mass is 427 g/mol. The maximum absolute atomic E-state index is 12.5. The Balaban J connectivity index is 1.68. The lowest BCUT2D eigenvalue weighted by atomic mass is 10.1. The van der Waals surface area contributed by atoms with Gasteiger partial charge in [0.1, 0.15) is 0 Å². The van der Waals surface area contributed by atoms with Gasteiger partial charge in [-0.05, 0) is 73.6 Å². The number of hydrogen-bond acceptors (Lipinski definition) is 6. The molecule has 0 unspecified atom stereocenters.